The van der Waals surface area contributed by atoms with Gasteiger partial charge in [-0.15, -0.1) is 11.3 Å². The second kappa shape index (κ2) is 3.97. The van der Waals surface area contributed by atoms with E-state index in [9.17, 15) is 0 Å². The number of nitrogens with one attached hydrogen (secondary N) is 1. The highest BCUT2D eigenvalue weighted by atomic mass is 35.5. The van der Waals surface area contributed by atoms with Gasteiger partial charge in [0.25, 0.3) is 0 Å². The molecule has 2 nitrogen and oxygen atoms in total. The average Bonchev–Trinajstić information content (AvgIpc) is 3.02. The zero-order chi connectivity index (χ0) is 14.0. The van der Waals surface area contributed by atoms with Crippen LogP contribution in [0.1, 0.15) is 0 Å². The highest BCUT2D eigenvalue weighted by Crippen LogP contribution is 2.37. The van der Waals surface area contributed by atoms with Crippen molar-refractivity contribution in [1.82, 2.24) is 9.97 Å². The summed E-state index contributed by atoms with van der Waals surface area (Å²) in [5.41, 5.74) is 3.07. The summed E-state index contributed by atoms with van der Waals surface area (Å²) in [6.07, 6.45) is 0. The average molecular weight is 309 g/mol. The Balaban J connectivity index is 2.03. The molecule has 0 fully saturated rings. The summed E-state index contributed by atoms with van der Waals surface area (Å²) in [5.74, 6) is 0. The van der Waals surface area contributed by atoms with Crippen LogP contribution in [0.4, 0.5) is 0 Å². The van der Waals surface area contributed by atoms with Crippen molar-refractivity contribution in [2.75, 3.05) is 0 Å². The molecule has 21 heavy (non-hydrogen) atoms. The minimum atomic E-state index is 0.527. The van der Waals surface area contributed by atoms with Crippen LogP contribution in [0.5, 0.6) is 0 Å². The number of halogens is 1. The molecule has 3 heterocycles. The fraction of sp³-hybridized carbons (Fsp3) is 0. The first-order chi connectivity index (χ1) is 10.3. The van der Waals surface area contributed by atoms with Crippen molar-refractivity contribution in [2.45, 2.75) is 0 Å². The zero-order valence-corrected chi connectivity index (χ0v) is 12.4. The number of nitrogens with zero attached hydrogens (tertiary/aromatic N) is 1. The molecule has 5 rings (SSSR count). The maximum atomic E-state index is 6.05. The van der Waals surface area contributed by atoms with Crippen LogP contribution in [-0.2, 0) is 0 Å². The lowest BCUT2D eigenvalue weighted by molar-refractivity contribution is 1.41. The molecule has 2 aromatic carbocycles. The molecular formula is C17H9ClN2S. The van der Waals surface area contributed by atoms with Crippen LogP contribution in [0, 0.1) is 0 Å². The first-order valence-electron chi connectivity index (χ1n) is 6.69. The Morgan fingerprint density at radius 2 is 1.76 bits per heavy atom. The molecule has 0 unspecified atom stereocenters. The smallest absolute Gasteiger partial charge is 0.129 e. The number of hydrogen-bond acceptors (Lipinski definition) is 2. The summed E-state index contributed by atoms with van der Waals surface area (Å²) in [6.45, 7) is 0. The summed E-state index contributed by atoms with van der Waals surface area (Å²) in [4.78, 5) is 7.90. The summed E-state index contributed by atoms with van der Waals surface area (Å²) in [7, 11) is 0. The monoisotopic (exact) mass is 308 g/mol. The molecule has 0 saturated carbocycles. The molecule has 3 aromatic heterocycles. The van der Waals surface area contributed by atoms with Gasteiger partial charge in [0.2, 0.25) is 0 Å². The SMILES string of the molecule is Clc1ccc2[nH]c3cc4sc5ccccc5c4cc3c2n1. The molecule has 0 radical (unpaired) electrons. The fourth-order valence-corrected chi connectivity index (χ4v) is 4.23. The molecule has 0 bridgehead atoms. The van der Waals surface area contributed by atoms with Crippen molar-refractivity contribution < 1.29 is 0 Å². The van der Waals surface area contributed by atoms with E-state index in [1.165, 1.54) is 20.2 Å². The molecule has 0 amide bonds. The van der Waals surface area contributed by atoms with Gasteiger partial charge in [0.1, 0.15) is 5.15 Å². The topological polar surface area (TPSA) is 28.7 Å². The molecule has 0 aliphatic carbocycles. The van der Waals surface area contributed by atoms with Crippen molar-refractivity contribution in [1.29, 1.82) is 0 Å². The van der Waals surface area contributed by atoms with Gasteiger partial charge >= 0.3 is 0 Å². The molecule has 1 N–H and O–H groups in total. The number of fused-ring (bicyclic) bond motifs is 6. The standard InChI is InChI=1S/C17H9ClN2S/c18-16-6-5-12-17(20-16)11-7-10-9-3-1-2-4-14(9)21-15(10)8-13(11)19-12/h1-8,19H. The number of pyridine rings is 1. The second-order valence-corrected chi connectivity index (χ2v) is 6.62. The van der Waals surface area contributed by atoms with E-state index in [2.05, 4.69) is 46.4 Å². The second-order valence-electron chi connectivity index (χ2n) is 5.15. The Bertz CT molecular complexity index is 1150. The van der Waals surface area contributed by atoms with E-state index in [0.717, 1.165) is 21.9 Å². The van der Waals surface area contributed by atoms with Crippen LogP contribution in [0.25, 0.3) is 42.1 Å². The summed E-state index contributed by atoms with van der Waals surface area (Å²) in [5, 5.41) is 4.24. The summed E-state index contributed by atoms with van der Waals surface area (Å²) in [6, 6.07) is 16.8. The highest BCUT2D eigenvalue weighted by molar-refractivity contribution is 7.25. The third-order valence-electron chi connectivity index (χ3n) is 3.90. The van der Waals surface area contributed by atoms with Gasteiger partial charge in [-0.05, 0) is 30.3 Å². The summed E-state index contributed by atoms with van der Waals surface area (Å²) < 4.78 is 2.61. The van der Waals surface area contributed by atoms with E-state index in [1.54, 1.807) is 0 Å². The number of H-pyrrole nitrogens is 1. The molecular weight excluding hydrogens is 300 g/mol. The molecule has 0 atom stereocenters. The van der Waals surface area contributed by atoms with Crippen LogP contribution in [0.2, 0.25) is 5.15 Å². The number of aromatic nitrogens is 2. The Hall–Kier alpha value is -2.10. The minimum absolute atomic E-state index is 0.527. The van der Waals surface area contributed by atoms with Crippen molar-refractivity contribution in [3.63, 3.8) is 0 Å². The van der Waals surface area contributed by atoms with Crippen LogP contribution < -0.4 is 0 Å². The van der Waals surface area contributed by atoms with Gasteiger partial charge in [0.05, 0.1) is 11.0 Å². The Morgan fingerprint density at radius 3 is 2.71 bits per heavy atom. The Kier molecular flexibility index (Phi) is 2.18. The number of thiophene rings is 1. The van der Waals surface area contributed by atoms with E-state index in [-0.39, 0.29) is 0 Å². The van der Waals surface area contributed by atoms with Crippen molar-refractivity contribution in [2.24, 2.45) is 0 Å². The van der Waals surface area contributed by atoms with Crippen LogP contribution in [-0.4, -0.2) is 9.97 Å². The molecule has 4 heteroatoms. The lowest BCUT2D eigenvalue weighted by Gasteiger charge is -1.94. The quantitative estimate of drug-likeness (QED) is 0.363. The summed E-state index contributed by atoms with van der Waals surface area (Å²) >= 11 is 7.87. The Labute approximate surface area is 129 Å². The molecule has 0 saturated heterocycles. The lowest BCUT2D eigenvalue weighted by atomic mass is 10.1. The van der Waals surface area contributed by atoms with Gasteiger partial charge in [0.15, 0.2) is 0 Å². The van der Waals surface area contributed by atoms with Crippen LogP contribution >= 0.6 is 22.9 Å². The number of aromatic amines is 1. The van der Waals surface area contributed by atoms with Crippen molar-refractivity contribution in [3.05, 3.63) is 53.7 Å². The normalized spacial score (nSPS) is 12.0. The molecule has 0 aliphatic rings. The first-order valence-corrected chi connectivity index (χ1v) is 7.88. The molecule has 0 spiro atoms. The number of benzene rings is 2. The van der Waals surface area contributed by atoms with E-state index in [1.807, 2.05) is 23.5 Å². The van der Waals surface area contributed by atoms with Gasteiger partial charge < -0.3 is 4.98 Å². The fourth-order valence-electron chi connectivity index (χ4n) is 2.96. The molecule has 0 aliphatic heterocycles. The third kappa shape index (κ3) is 1.56. The lowest BCUT2D eigenvalue weighted by Crippen LogP contribution is -1.75. The van der Waals surface area contributed by atoms with Gasteiger partial charge in [-0.1, -0.05) is 29.8 Å². The first kappa shape index (κ1) is 11.5. The van der Waals surface area contributed by atoms with E-state index in [4.69, 9.17) is 11.6 Å². The van der Waals surface area contributed by atoms with Gasteiger partial charge in [-0.3, -0.25) is 0 Å². The highest BCUT2D eigenvalue weighted by Gasteiger charge is 2.11. The third-order valence-corrected chi connectivity index (χ3v) is 5.25. The minimum Gasteiger partial charge on any atom is -0.353 e. The number of rotatable bonds is 0. The van der Waals surface area contributed by atoms with Crippen LogP contribution in [0.3, 0.4) is 0 Å². The predicted octanol–water partition coefficient (Wildman–Crippen LogP) is 5.74. The van der Waals surface area contributed by atoms with Crippen molar-refractivity contribution in [3.8, 4) is 0 Å². The van der Waals surface area contributed by atoms with E-state index >= 15 is 0 Å². The maximum Gasteiger partial charge on any atom is 0.129 e. The number of hydrogen-bond donors (Lipinski definition) is 1. The van der Waals surface area contributed by atoms with Gasteiger partial charge in [-0.25, -0.2) is 4.98 Å². The van der Waals surface area contributed by atoms with Crippen LogP contribution in [0.15, 0.2) is 48.5 Å². The van der Waals surface area contributed by atoms with E-state index in [0.29, 0.717) is 5.15 Å². The predicted molar refractivity (Wildman–Crippen MR) is 91.5 cm³/mol. The maximum absolute atomic E-state index is 6.05. The van der Waals surface area contributed by atoms with Gasteiger partial charge in [-0.2, -0.15) is 0 Å². The molecule has 5 aromatic rings. The van der Waals surface area contributed by atoms with Crippen molar-refractivity contribution >= 4 is 65.0 Å². The Morgan fingerprint density at radius 1 is 0.857 bits per heavy atom. The largest absolute Gasteiger partial charge is 0.353 e. The molecule has 100 valence electrons. The van der Waals surface area contributed by atoms with E-state index < -0.39 is 0 Å². The van der Waals surface area contributed by atoms with Gasteiger partial charge in [0, 0.05) is 31.1 Å². The zero-order valence-electron chi connectivity index (χ0n) is 10.9.